The predicted molar refractivity (Wildman–Crippen MR) is 93.5 cm³/mol. The number of hydrogen-bond acceptors (Lipinski definition) is 3. The largest absolute Gasteiger partial charge is 0.508 e. The Morgan fingerprint density at radius 1 is 1.48 bits per heavy atom. The van der Waals surface area contributed by atoms with Gasteiger partial charge in [-0.3, -0.25) is 4.79 Å². The molecule has 0 spiro atoms. The number of benzene rings is 1. The maximum Gasteiger partial charge on any atom is 0.207 e. The number of amides is 1. The minimum Gasteiger partial charge on any atom is -0.508 e. The van der Waals surface area contributed by atoms with Gasteiger partial charge in [0.05, 0.1) is 0 Å². The van der Waals surface area contributed by atoms with E-state index in [2.05, 4.69) is 44.0 Å². The molecule has 1 amide bonds. The van der Waals surface area contributed by atoms with E-state index in [9.17, 15) is 9.90 Å². The molecule has 4 nitrogen and oxygen atoms in total. The molecule has 1 fully saturated rings. The Morgan fingerprint density at radius 2 is 2.22 bits per heavy atom. The SMILES string of the molecule is CC(C)[C@@H](CN1CC[C@@](C)(c2cccc(O)c2)[C@@H](C)C1)NC=O. The Bertz CT molecular complexity index is 532. The average molecular weight is 318 g/mol. The van der Waals surface area contributed by atoms with E-state index in [-0.39, 0.29) is 11.5 Å². The van der Waals surface area contributed by atoms with Crippen molar-refractivity contribution in [2.24, 2.45) is 11.8 Å². The van der Waals surface area contributed by atoms with E-state index in [0.717, 1.165) is 32.5 Å². The minimum atomic E-state index is 0.0840. The second-order valence-electron chi connectivity index (χ2n) is 7.51. The summed E-state index contributed by atoms with van der Waals surface area (Å²) < 4.78 is 0. The summed E-state index contributed by atoms with van der Waals surface area (Å²) in [6.07, 6.45) is 1.87. The number of aromatic hydroxyl groups is 1. The predicted octanol–water partition coefficient (Wildman–Crippen LogP) is 2.76. The van der Waals surface area contributed by atoms with Crippen LogP contribution in [0.2, 0.25) is 0 Å². The molecule has 1 heterocycles. The van der Waals surface area contributed by atoms with Gasteiger partial charge in [-0.05, 0) is 47.9 Å². The minimum absolute atomic E-state index is 0.0840. The first-order valence-electron chi connectivity index (χ1n) is 8.58. The smallest absolute Gasteiger partial charge is 0.207 e. The van der Waals surface area contributed by atoms with E-state index in [1.807, 2.05) is 12.1 Å². The molecule has 1 aromatic rings. The number of hydrogen-bond donors (Lipinski definition) is 2. The second-order valence-corrected chi connectivity index (χ2v) is 7.51. The molecule has 128 valence electrons. The highest BCUT2D eigenvalue weighted by Gasteiger charge is 2.38. The van der Waals surface area contributed by atoms with E-state index in [0.29, 0.717) is 17.6 Å². The van der Waals surface area contributed by atoms with Gasteiger partial charge in [0.2, 0.25) is 6.41 Å². The molecule has 1 aromatic carbocycles. The zero-order valence-electron chi connectivity index (χ0n) is 14.7. The van der Waals surface area contributed by atoms with Crippen LogP contribution in [0.1, 0.15) is 39.7 Å². The van der Waals surface area contributed by atoms with Crippen LogP contribution < -0.4 is 5.32 Å². The van der Waals surface area contributed by atoms with Crippen molar-refractivity contribution in [2.45, 2.75) is 45.6 Å². The summed E-state index contributed by atoms with van der Waals surface area (Å²) in [5.41, 5.74) is 1.30. The fourth-order valence-corrected chi connectivity index (χ4v) is 3.59. The molecule has 1 saturated heterocycles. The summed E-state index contributed by atoms with van der Waals surface area (Å²) in [5.74, 6) is 1.25. The molecular weight excluding hydrogens is 288 g/mol. The van der Waals surface area contributed by atoms with Crippen molar-refractivity contribution < 1.29 is 9.90 Å². The molecule has 4 heteroatoms. The fourth-order valence-electron chi connectivity index (χ4n) is 3.59. The van der Waals surface area contributed by atoms with Crippen molar-refractivity contribution in [2.75, 3.05) is 19.6 Å². The second kappa shape index (κ2) is 7.35. The van der Waals surface area contributed by atoms with Crippen molar-refractivity contribution in [1.82, 2.24) is 10.2 Å². The number of rotatable bonds is 6. The van der Waals surface area contributed by atoms with Crippen molar-refractivity contribution in [3.05, 3.63) is 29.8 Å². The molecule has 0 saturated carbocycles. The lowest BCUT2D eigenvalue weighted by Crippen LogP contribution is -2.52. The summed E-state index contributed by atoms with van der Waals surface area (Å²) in [5, 5.41) is 12.7. The Balaban J connectivity index is 2.05. The number of phenolic OH excluding ortho intramolecular Hbond substituents is 1. The number of carbonyl (C=O) groups excluding carboxylic acids is 1. The van der Waals surface area contributed by atoms with Gasteiger partial charge in [0.25, 0.3) is 0 Å². The molecule has 0 aliphatic carbocycles. The third-order valence-corrected chi connectivity index (χ3v) is 5.61. The van der Waals surface area contributed by atoms with Gasteiger partial charge < -0.3 is 15.3 Å². The number of likely N-dealkylation sites (tertiary alicyclic amines) is 1. The van der Waals surface area contributed by atoms with Crippen LogP contribution in [0.4, 0.5) is 0 Å². The van der Waals surface area contributed by atoms with Gasteiger partial charge in [0.15, 0.2) is 0 Å². The van der Waals surface area contributed by atoms with E-state index >= 15 is 0 Å². The van der Waals surface area contributed by atoms with E-state index in [1.54, 1.807) is 6.07 Å². The molecule has 0 radical (unpaired) electrons. The molecule has 1 aliphatic heterocycles. The summed E-state index contributed by atoms with van der Waals surface area (Å²) in [6.45, 7) is 11.8. The molecule has 0 aromatic heterocycles. The van der Waals surface area contributed by atoms with Crippen LogP contribution in [0.25, 0.3) is 0 Å². The van der Waals surface area contributed by atoms with Gasteiger partial charge in [-0.1, -0.05) is 39.8 Å². The van der Waals surface area contributed by atoms with Crippen LogP contribution in [0.15, 0.2) is 24.3 Å². The number of piperidine rings is 1. The van der Waals surface area contributed by atoms with Crippen LogP contribution in [0, 0.1) is 11.8 Å². The summed E-state index contributed by atoms with van der Waals surface area (Å²) in [4.78, 5) is 13.2. The van der Waals surface area contributed by atoms with E-state index in [1.165, 1.54) is 5.56 Å². The first-order valence-corrected chi connectivity index (χ1v) is 8.58. The topological polar surface area (TPSA) is 52.6 Å². The third-order valence-electron chi connectivity index (χ3n) is 5.61. The fraction of sp³-hybridized carbons (Fsp3) is 0.632. The van der Waals surface area contributed by atoms with Gasteiger partial charge in [-0.2, -0.15) is 0 Å². The van der Waals surface area contributed by atoms with Gasteiger partial charge in [-0.15, -0.1) is 0 Å². The summed E-state index contributed by atoms with van der Waals surface area (Å²) >= 11 is 0. The molecule has 23 heavy (non-hydrogen) atoms. The quantitative estimate of drug-likeness (QED) is 0.793. The van der Waals surface area contributed by atoms with Gasteiger partial charge in [-0.25, -0.2) is 0 Å². The Morgan fingerprint density at radius 3 is 2.78 bits per heavy atom. The Kier molecular flexibility index (Phi) is 5.69. The molecule has 3 atom stereocenters. The maximum absolute atomic E-state index is 10.8. The first kappa shape index (κ1) is 17.8. The highest BCUT2D eigenvalue weighted by molar-refractivity contribution is 5.46. The molecule has 2 rings (SSSR count). The highest BCUT2D eigenvalue weighted by Crippen LogP contribution is 2.40. The Labute approximate surface area is 139 Å². The number of nitrogens with zero attached hydrogens (tertiary/aromatic N) is 1. The van der Waals surface area contributed by atoms with Gasteiger partial charge in [0, 0.05) is 19.1 Å². The lowest BCUT2D eigenvalue weighted by molar-refractivity contribution is -0.110. The number of phenols is 1. The molecule has 1 aliphatic rings. The van der Waals surface area contributed by atoms with Crippen LogP contribution in [-0.4, -0.2) is 42.1 Å². The lowest BCUT2D eigenvalue weighted by atomic mass is 9.68. The lowest BCUT2D eigenvalue weighted by Gasteiger charge is -2.46. The zero-order chi connectivity index (χ0) is 17.0. The third kappa shape index (κ3) is 4.05. The van der Waals surface area contributed by atoms with Crippen molar-refractivity contribution >= 4 is 6.41 Å². The highest BCUT2D eigenvalue weighted by atomic mass is 16.3. The van der Waals surface area contributed by atoms with Crippen molar-refractivity contribution in [3.63, 3.8) is 0 Å². The average Bonchev–Trinajstić information content (AvgIpc) is 2.50. The monoisotopic (exact) mass is 318 g/mol. The van der Waals surface area contributed by atoms with E-state index < -0.39 is 0 Å². The standard InChI is InChI=1S/C19H30N2O2/c1-14(2)18(20-13-22)12-21-9-8-19(4,15(3)11-21)16-6-5-7-17(23)10-16/h5-7,10,13-15,18,23H,8-9,11-12H2,1-4H3,(H,20,22)/t15-,18+,19+/m0/s1. The van der Waals surface area contributed by atoms with Crippen molar-refractivity contribution in [3.8, 4) is 5.75 Å². The van der Waals surface area contributed by atoms with Crippen LogP contribution in [0.5, 0.6) is 5.75 Å². The molecule has 0 unspecified atom stereocenters. The molecular formula is C19H30N2O2. The summed E-state index contributed by atoms with van der Waals surface area (Å²) in [7, 11) is 0. The van der Waals surface area contributed by atoms with Crippen LogP contribution >= 0.6 is 0 Å². The molecule has 0 bridgehead atoms. The van der Waals surface area contributed by atoms with Crippen LogP contribution in [0.3, 0.4) is 0 Å². The number of nitrogens with one attached hydrogen (secondary N) is 1. The maximum atomic E-state index is 10.8. The van der Waals surface area contributed by atoms with Gasteiger partial charge in [0.1, 0.15) is 5.75 Å². The van der Waals surface area contributed by atoms with E-state index in [4.69, 9.17) is 0 Å². The summed E-state index contributed by atoms with van der Waals surface area (Å²) in [6, 6.07) is 7.88. The van der Waals surface area contributed by atoms with Crippen LogP contribution in [-0.2, 0) is 10.2 Å². The Hall–Kier alpha value is -1.55. The normalized spacial score (nSPS) is 26.9. The van der Waals surface area contributed by atoms with Gasteiger partial charge >= 0.3 is 0 Å². The zero-order valence-corrected chi connectivity index (χ0v) is 14.7. The molecule has 2 N–H and O–H groups in total. The van der Waals surface area contributed by atoms with Crippen molar-refractivity contribution in [1.29, 1.82) is 0 Å². The number of carbonyl (C=O) groups is 1. The first-order chi connectivity index (χ1) is 10.9.